The number of nitrogens with zero attached hydrogens (tertiary/aromatic N) is 4. The Bertz CT molecular complexity index is 8640. The highest BCUT2D eigenvalue weighted by molar-refractivity contribution is 6.14. The first-order valence-electron chi connectivity index (χ1n) is 45.6. The van der Waals surface area contributed by atoms with Crippen LogP contribution in [0.15, 0.2) is 470 Å². The summed E-state index contributed by atoms with van der Waals surface area (Å²) in [7, 11) is 0. The first-order valence-corrected chi connectivity index (χ1v) is 45.6. The van der Waals surface area contributed by atoms with E-state index in [1.807, 2.05) is 24.3 Å². The van der Waals surface area contributed by atoms with Crippen LogP contribution in [0.1, 0.15) is 49.9 Å². The van der Waals surface area contributed by atoms with Crippen LogP contribution in [-0.4, -0.2) is 9.13 Å². The van der Waals surface area contributed by atoms with E-state index in [9.17, 15) is 0 Å². The Morgan fingerprint density at radius 3 is 0.947 bits per heavy atom. The molecule has 0 unspecified atom stereocenters. The largest absolute Gasteiger partial charge is 0.456 e. The summed E-state index contributed by atoms with van der Waals surface area (Å²) in [5.74, 6) is 0. The van der Waals surface area contributed by atoms with Crippen molar-refractivity contribution >= 4 is 122 Å². The Morgan fingerprint density at radius 1 is 0.182 bits per heavy atom. The second-order valence-corrected chi connectivity index (χ2v) is 36.2. The van der Waals surface area contributed by atoms with E-state index in [0.29, 0.717) is 0 Å². The molecule has 624 valence electrons. The van der Waals surface area contributed by atoms with E-state index < -0.39 is 0 Å². The zero-order chi connectivity index (χ0) is 87.9. The van der Waals surface area contributed by atoms with Crippen LogP contribution in [0, 0.1) is 0 Å². The minimum absolute atomic E-state index is 0.120. The topological polar surface area (TPSA) is 42.6 Å². The third kappa shape index (κ3) is 12.9. The monoisotopic (exact) mass is 1690 g/mol. The third-order valence-corrected chi connectivity index (χ3v) is 28.1. The lowest BCUT2D eigenvalue weighted by molar-refractivity contribution is 0.660. The fourth-order valence-electron chi connectivity index (χ4n) is 21.4. The molecule has 0 radical (unpaired) electrons. The summed E-state index contributed by atoms with van der Waals surface area (Å²) in [5.41, 5.74) is 41.9. The van der Waals surface area contributed by atoms with Crippen molar-refractivity contribution in [1.29, 1.82) is 0 Å². The summed E-state index contributed by atoms with van der Waals surface area (Å²) < 4.78 is 17.4. The summed E-state index contributed by atoms with van der Waals surface area (Å²) in [4.78, 5) is 4.80. The van der Waals surface area contributed by atoms with Gasteiger partial charge in [-0.1, -0.05) is 331 Å². The minimum Gasteiger partial charge on any atom is -0.456 e. The van der Waals surface area contributed by atoms with Crippen molar-refractivity contribution in [3.05, 3.63) is 483 Å². The van der Waals surface area contributed by atoms with Crippen LogP contribution in [-0.2, 0) is 10.8 Å². The van der Waals surface area contributed by atoms with Crippen LogP contribution in [0.3, 0.4) is 0 Å². The molecule has 0 amide bonds. The molecule has 0 N–H and O–H groups in total. The predicted octanol–water partition coefficient (Wildman–Crippen LogP) is 34.9. The number of aromatic nitrogens is 2. The van der Waals surface area contributed by atoms with Gasteiger partial charge in [-0.15, -0.1) is 0 Å². The molecule has 2 aliphatic carbocycles. The average Bonchev–Trinajstić information content (AvgIpc) is 1.57. The molecule has 0 spiro atoms. The zero-order valence-electron chi connectivity index (χ0n) is 73.5. The fraction of sp³-hybridized carbons (Fsp3) is 0.0476. The lowest BCUT2D eigenvalue weighted by Gasteiger charge is -2.28. The van der Waals surface area contributed by atoms with Crippen molar-refractivity contribution in [1.82, 2.24) is 9.13 Å². The molecule has 0 saturated heterocycles. The van der Waals surface area contributed by atoms with Crippen molar-refractivity contribution in [3.63, 3.8) is 0 Å². The van der Waals surface area contributed by atoms with E-state index >= 15 is 0 Å². The Kier molecular flexibility index (Phi) is 18.2. The maximum atomic E-state index is 6.46. The minimum atomic E-state index is -0.125. The molecule has 6 heteroatoms. The van der Waals surface area contributed by atoms with Crippen LogP contribution in [0.25, 0.3) is 188 Å². The van der Waals surface area contributed by atoms with Crippen LogP contribution in [0.4, 0.5) is 34.1 Å². The summed E-state index contributed by atoms with van der Waals surface area (Å²) >= 11 is 0. The number of rotatable bonds is 14. The normalized spacial score (nSPS) is 12.8. The molecule has 0 aliphatic heterocycles. The van der Waals surface area contributed by atoms with Gasteiger partial charge >= 0.3 is 0 Å². The van der Waals surface area contributed by atoms with Crippen molar-refractivity contribution in [3.8, 4) is 100 Å². The molecule has 132 heavy (non-hydrogen) atoms. The molecule has 0 bridgehead atoms. The average molecular weight is 1690 g/mol. The Balaban J connectivity index is 0.000000142. The van der Waals surface area contributed by atoms with E-state index in [1.54, 1.807) is 0 Å². The molecular weight excluding hydrogens is 1600 g/mol. The molecule has 4 heterocycles. The predicted molar refractivity (Wildman–Crippen MR) is 553 cm³/mol. The fourth-order valence-corrected chi connectivity index (χ4v) is 21.4. The molecule has 0 saturated carbocycles. The second kappa shape index (κ2) is 31.0. The number of anilines is 6. The standard InChI is InChI=1S/2C63H44N2O/c1-63(2)57-20-9-6-15-51(57)52-37-36-49(40-58(52)63)64(47-34-27-44(28-35-47)50-18-12-19-55-54-17-8-11-22-61(54)66-62(50)55)46-30-25-43(26-31-46)45-29-38-60-56(39-45)53-16-7-10-21-59(53)65(60)48-32-23-42(24-33-48)41-13-4-3-5-14-41;1-63(2)57-17-9-6-14-51(57)52-35-34-50(40-58(52)63)64(48-30-24-44(25-31-48)46-27-37-62-56(39-46)54-16-8-11-19-61(54)66-62)47-28-22-43(23-29-47)45-26-36-60-55(38-45)53-15-7-10-18-59(53)65(60)49-32-20-42(21-33-49)41-12-4-3-5-13-41/h2*3-40H,1-2H3. The lowest BCUT2D eigenvalue weighted by atomic mass is 9.82. The zero-order valence-corrected chi connectivity index (χ0v) is 73.5. The number of para-hydroxylation sites is 5. The van der Waals surface area contributed by atoms with Crippen molar-refractivity contribution < 1.29 is 8.83 Å². The number of hydrogen-bond donors (Lipinski definition) is 0. The Labute approximate surface area is 766 Å². The molecule has 2 aliphatic rings. The number of furan rings is 2. The van der Waals surface area contributed by atoms with Crippen LogP contribution < -0.4 is 9.80 Å². The smallest absolute Gasteiger partial charge is 0.143 e. The van der Waals surface area contributed by atoms with Crippen LogP contribution in [0.2, 0.25) is 0 Å². The first-order chi connectivity index (χ1) is 64.9. The quantitative estimate of drug-likeness (QED) is 0.109. The van der Waals surface area contributed by atoms with E-state index in [-0.39, 0.29) is 10.8 Å². The van der Waals surface area contributed by atoms with E-state index in [0.717, 1.165) is 112 Å². The summed E-state index contributed by atoms with van der Waals surface area (Å²) in [6.45, 7) is 9.41. The molecule has 24 aromatic rings. The van der Waals surface area contributed by atoms with Gasteiger partial charge in [0.15, 0.2) is 0 Å². The van der Waals surface area contributed by atoms with E-state index in [2.05, 4.69) is 483 Å². The third-order valence-electron chi connectivity index (χ3n) is 28.1. The van der Waals surface area contributed by atoms with Crippen LogP contribution in [0.5, 0.6) is 0 Å². The highest BCUT2D eigenvalue weighted by Crippen LogP contribution is 2.54. The van der Waals surface area contributed by atoms with Gasteiger partial charge < -0.3 is 27.8 Å². The summed E-state index contributed by atoms with van der Waals surface area (Å²) in [6, 6.07) is 168. The van der Waals surface area contributed by atoms with Gasteiger partial charge in [0.25, 0.3) is 0 Å². The SMILES string of the molecule is CC1(C)c2ccccc2-c2ccc(N(c3ccc(-c4ccc5c(c4)c4ccccc4n5-c4ccc(-c5ccccc5)cc4)cc3)c3ccc(-c4cccc5c4oc4ccccc45)cc3)cc21.CC1(C)c2ccccc2-c2ccc(N(c3ccc(-c4ccc5oc6ccccc6c5c4)cc3)c3ccc(-c4ccc5c(c4)c4ccccc4n5-c4ccc(-c5ccccc5)cc4)cc3)cc21. The summed E-state index contributed by atoms with van der Waals surface area (Å²) in [5, 5.41) is 9.50. The Morgan fingerprint density at radius 2 is 0.485 bits per heavy atom. The Hall–Kier alpha value is -16.8. The van der Waals surface area contributed by atoms with E-state index in [1.165, 1.54) is 133 Å². The molecule has 0 atom stereocenters. The van der Waals surface area contributed by atoms with Crippen molar-refractivity contribution in [2.24, 2.45) is 0 Å². The van der Waals surface area contributed by atoms with Gasteiger partial charge in [0, 0.05) is 105 Å². The van der Waals surface area contributed by atoms with Gasteiger partial charge in [0.1, 0.15) is 22.3 Å². The van der Waals surface area contributed by atoms with Gasteiger partial charge in [-0.3, -0.25) is 0 Å². The highest BCUT2D eigenvalue weighted by atomic mass is 16.3. The number of benzene rings is 20. The van der Waals surface area contributed by atoms with Gasteiger partial charge in [0.05, 0.1) is 22.1 Å². The molecule has 0 fully saturated rings. The molecule has 20 aromatic carbocycles. The van der Waals surface area contributed by atoms with E-state index in [4.69, 9.17) is 8.83 Å². The highest BCUT2D eigenvalue weighted by Gasteiger charge is 2.38. The molecule has 4 aromatic heterocycles. The maximum absolute atomic E-state index is 6.46. The van der Waals surface area contributed by atoms with Crippen LogP contribution >= 0.6 is 0 Å². The summed E-state index contributed by atoms with van der Waals surface area (Å²) in [6.07, 6.45) is 0. The van der Waals surface area contributed by atoms with Crippen molar-refractivity contribution in [2.45, 2.75) is 38.5 Å². The van der Waals surface area contributed by atoms with Crippen molar-refractivity contribution in [2.75, 3.05) is 9.80 Å². The molecule has 26 rings (SSSR count). The number of hydrogen-bond acceptors (Lipinski definition) is 4. The lowest BCUT2D eigenvalue weighted by Crippen LogP contribution is -2.16. The second-order valence-electron chi connectivity index (χ2n) is 36.2. The molecular formula is C126H88N4O2. The van der Waals surface area contributed by atoms with Gasteiger partial charge in [-0.25, -0.2) is 0 Å². The maximum Gasteiger partial charge on any atom is 0.143 e. The van der Waals surface area contributed by atoms with Gasteiger partial charge in [0.2, 0.25) is 0 Å². The van der Waals surface area contributed by atoms with Gasteiger partial charge in [-0.05, 0) is 263 Å². The molecule has 6 nitrogen and oxygen atoms in total. The first kappa shape index (κ1) is 77.5. The van der Waals surface area contributed by atoms with Gasteiger partial charge in [-0.2, -0.15) is 0 Å². The number of fused-ring (bicyclic) bond motifs is 18.